The molecule has 17 heteroatoms. The Morgan fingerprint density at radius 3 is 2.18 bits per heavy atom. The summed E-state index contributed by atoms with van der Waals surface area (Å²) in [4.78, 5) is 24.7. The van der Waals surface area contributed by atoms with E-state index < -0.39 is 116 Å². The first kappa shape index (κ1) is 31.5. The molecule has 0 bridgehead atoms. The van der Waals surface area contributed by atoms with E-state index in [0.717, 1.165) is 18.2 Å². The number of benzene rings is 2. The summed E-state index contributed by atoms with van der Waals surface area (Å²) in [7, 11) is -5.10. The zero-order valence-corrected chi connectivity index (χ0v) is 23.0. The lowest BCUT2D eigenvalue weighted by molar-refractivity contribution is -0.201. The summed E-state index contributed by atoms with van der Waals surface area (Å²) >= 11 is 0. The van der Waals surface area contributed by atoms with Crippen molar-refractivity contribution in [2.24, 2.45) is 5.41 Å². The van der Waals surface area contributed by atoms with E-state index in [1.807, 2.05) is 6.07 Å². The van der Waals surface area contributed by atoms with Gasteiger partial charge in [0.1, 0.15) is 22.6 Å². The van der Waals surface area contributed by atoms with Gasteiger partial charge in [-0.25, -0.2) is 22.0 Å². The van der Waals surface area contributed by atoms with Crippen LogP contribution < -0.4 is 5.32 Å². The topological polar surface area (TPSA) is 117 Å². The molecular formula is C27H21F8N3O5S. The molecule has 2 saturated carbocycles. The number of ether oxygens (including phenoxy) is 1. The standard InChI is InChI=1S/C27H21F8N3O5S/c28-15-2-3-17(19(29)10-15)14-1-4-20(18(9-14)26(30,31)32)44(41,42)16-11-21(43-23(40)37-24(13-36)5-6-24)38(12-16)22(39)25(7-8-25)27(33,34)35/h1-4,9-10,16,21H,5-8,11-12H2,(H,37,40)/t16-,21+/m1/s1. The zero-order chi connectivity index (χ0) is 32.5. The lowest BCUT2D eigenvalue weighted by Gasteiger charge is -2.29. The number of hydrogen-bond acceptors (Lipinski definition) is 6. The molecule has 0 aromatic heterocycles. The number of likely N-dealkylation sites (tertiary alicyclic amines) is 1. The van der Waals surface area contributed by atoms with Crippen LogP contribution in [-0.4, -0.2) is 55.1 Å². The van der Waals surface area contributed by atoms with Crippen molar-refractivity contribution in [3.8, 4) is 17.2 Å². The minimum absolute atomic E-state index is 0.234. The fourth-order valence-electron chi connectivity index (χ4n) is 5.14. The average molecular weight is 652 g/mol. The van der Waals surface area contributed by atoms with Crippen LogP contribution in [0.15, 0.2) is 41.3 Å². The van der Waals surface area contributed by atoms with Gasteiger partial charge in [0.05, 0.1) is 21.8 Å². The maximum absolute atomic E-state index is 14.3. The molecule has 1 N–H and O–H groups in total. The second-order valence-electron chi connectivity index (χ2n) is 11.0. The van der Waals surface area contributed by atoms with Crippen LogP contribution in [0.5, 0.6) is 0 Å². The molecule has 1 heterocycles. The van der Waals surface area contributed by atoms with Crippen molar-refractivity contribution in [3.63, 3.8) is 0 Å². The molecule has 1 saturated heterocycles. The Bertz CT molecular complexity index is 1680. The van der Waals surface area contributed by atoms with Gasteiger partial charge in [-0.1, -0.05) is 6.07 Å². The Morgan fingerprint density at radius 1 is 1.00 bits per heavy atom. The van der Waals surface area contributed by atoms with Gasteiger partial charge in [-0.3, -0.25) is 4.79 Å². The summed E-state index contributed by atoms with van der Waals surface area (Å²) in [6, 6.07) is 5.58. The van der Waals surface area contributed by atoms with Crippen LogP contribution in [0.3, 0.4) is 0 Å². The molecule has 236 valence electrons. The fraction of sp³-hybridized carbons (Fsp3) is 0.444. The Kier molecular flexibility index (Phi) is 7.38. The summed E-state index contributed by atoms with van der Waals surface area (Å²) in [5.41, 5.74) is -6.82. The quantitative estimate of drug-likeness (QED) is 0.414. The Balaban J connectivity index is 1.50. The lowest BCUT2D eigenvalue weighted by Crippen LogP contribution is -2.49. The van der Waals surface area contributed by atoms with E-state index in [0.29, 0.717) is 23.1 Å². The van der Waals surface area contributed by atoms with Gasteiger partial charge in [-0.05, 0) is 55.5 Å². The smallest absolute Gasteiger partial charge is 0.417 e. The third kappa shape index (κ3) is 5.55. The molecule has 2 atom stereocenters. The molecule has 1 aliphatic heterocycles. The monoisotopic (exact) mass is 651 g/mol. The van der Waals surface area contributed by atoms with E-state index in [1.165, 1.54) is 0 Å². The molecule has 5 rings (SSSR count). The van der Waals surface area contributed by atoms with Gasteiger partial charge in [0, 0.05) is 24.6 Å². The van der Waals surface area contributed by atoms with Gasteiger partial charge in [0.25, 0.3) is 0 Å². The summed E-state index contributed by atoms with van der Waals surface area (Å²) < 4.78 is 144. The highest BCUT2D eigenvalue weighted by atomic mass is 32.2. The molecule has 0 radical (unpaired) electrons. The van der Waals surface area contributed by atoms with Crippen molar-refractivity contribution in [1.82, 2.24) is 10.2 Å². The van der Waals surface area contributed by atoms with E-state index in [2.05, 4.69) is 5.32 Å². The summed E-state index contributed by atoms with van der Waals surface area (Å²) in [5.74, 6) is -3.83. The maximum Gasteiger partial charge on any atom is 0.417 e. The molecule has 2 aromatic rings. The van der Waals surface area contributed by atoms with Crippen LogP contribution in [0.4, 0.5) is 39.9 Å². The van der Waals surface area contributed by atoms with Gasteiger partial charge in [0.2, 0.25) is 5.91 Å². The normalized spacial score (nSPS) is 22.2. The summed E-state index contributed by atoms with van der Waals surface area (Å²) in [6.45, 7) is -1.04. The molecular weight excluding hydrogens is 630 g/mol. The number of alkyl halides is 6. The highest BCUT2D eigenvalue weighted by Gasteiger charge is 2.70. The van der Waals surface area contributed by atoms with Crippen molar-refractivity contribution in [3.05, 3.63) is 53.6 Å². The molecule has 3 fully saturated rings. The Labute approximate surface area is 244 Å². The van der Waals surface area contributed by atoms with Crippen molar-refractivity contribution >= 4 is 21.8 Å². The molecule has 0 spiro atoms. The van der Waals surface area contributed by atoms with E-state index >= 15 is 0 Å². The van der Waals surface area contributed by atoms with E-state index in [9.17, 15) is 58.4 Å². The first-order chi connectivity index (χ1) is 20.3. The predicted octanol–water partition coefficient (Wildman–Crippen LogP) is 5.48. The number of carbonyl (C=O) groups excluding carboxylic acids is 2. The third-order valence-corrected chi connectivity index (χ3v) is 10.2. The molecule has 3 aliphatic rings. The van der Waals surface area contributed by atoms with Crippen molar-refractivity contribution in [2.75, 3.05) is 6.54 Å². The number of amides is 2. The summed E-state index contributed by atoms with van der Waals surface area (Å²) in [5, 5.41) is 9.43. The predicted molar refractivity (Wildman–Crippen MR) is 133 cm³/mol. The van der Waals surface area contributed by atoms with Gasteiger partial charge in [-0.15, -0.1) is 0 Å². The number of rotatable bonds is 6. The van der Waals surface area contributed by atoms with Crippen LogP contribution in [0.1, 0.15) is 37.7 Å². The lowest BCUT2D eigenvalue weighted by atomic mass is 10.0. The van der Waals surface area contributed by atoms with Crippen LogP contribution in [0, 0.1) is 28.4 Å². The number of halogens is 8. The molecule has 44 heavy (non-hydrogen) atoms. The second kappa shape index (κ2) is 10.3. The molecule has 0 unspecified atom stereocenters. The Morgan fingerprint density at radius 2 is 1.66 bits per heavy atom. The van der Waals surface area contributed by atoms with E-state index in [4.69, 9.17) is 4.74 Å². The number of nitriles is 1. The highest BCUT2D eigenvalue weighted by Crippen LogP contribution is 2.59. The van der Waals surface area contributed by atoms with Gasteiger partial charge < -0.3 is 15.0 Å². The number of carbonyl (C=O) groups is 2. The third-order valence-electron chi connectivity index (χ3n) is 8.00. The number of nitrogens with one attached hydrogen (secondary N) is 1. The minimum Gasteiger partial charge on any atom is -0.425 e. The number of nitrogens with zero attached hydrogens (tertiary/aromatic N) is 2. The number of alkyl carbamates (subject to hydrolysis) is 1. The molecule has 2 aliphatic carbocycles. The minimum atomic E-state index is -5.33. The van der Waals surface area contributed by atoms with Crippen LogP contribution in [0.25, 0.3) is 11.1 Å². The number of sulfone groups is 1. The van der Waals surface area contributed by atoms with Gasteiger partial charge >= 0.3 is 18.4 Å². The van der Waals surface area contributed by atoms with Crippen LogP contribution in [-0.2, 0) is 25.5 Å². The first-order valence-corrected chi connectivity index (χ1v) is 14.6. The van der Waals surface area contributed by atoms with Crippen molar-refractivity contribution in [1.29, 1.82) is 5.26 Å². The van der Waals surface area contributed by atoms with Crippen LogP contribution in [0.2, 0.25) is 0 Å². The second-order valence-corrected chi connectivity index (χ2v) is 13.1. The van der Waals surface area contributed by atoms with Gasteiger partial charge in [0.15, 0.2) is 16.1 Å². The maximum atomic E-state index is 14.3. The SMILES string of the molecule is N#CC1(NC(=O)O[C@H]2C[C@@H](S(=O)(=O)c3ccc(-c4ccc(F)cc4F)cc3C(F)(F)F)CN2C(=O)C2(C(F)(F)F)CC2)CC1. The molecule has 8 nitrogen and oxygen atoms in total. The van der Waals surface area contributed by atoms with E-state index in [1.54, 1.807) is 0 Å². The van der Waals surface area contributed by atoms with Gasteiger partial charge in [-0.2, -0.15) is 31.6 Å². The number of hydrogen-bond donors (Lipinski definition) is 1. The molecule has 2 amide bonds. The van der Waals surface area contributed by atoms with Crippen molar-refractivity contribution in [2.45, 2.75) is 66.4 Å². The molecule has 2 aromatic carbocycles. The van der Waals surface area contributed by atoms with Crippen molar-refractivity contribution < 1.29 is 57.9 Å². The van der Waals surface area contributed by atoms with Crippen LogP contribution >= 0.6 is 0 Å². The average Bonchev–Trinajstić information content (AvgIpc) is 3.84. The fourth-order valence-corrected chi connectivity index (χ4v) is 7.01. The first-order valence-electron chi connectivity index (χ1n) is 13.0. The van der Waals surface area contributed by atoms with E-state index in [-0.39, 0.29) is 12.8 Å². The zero-order valence-electron chi connectivity index (χ0n) is 22.2. The highest BCUT2D eigenvalue weighted by molar-refractivity contribution is 7.92. The summed E-state index contributed by atoms with van der Waals surface area (Å²) in [6.07, 6.45) is -15.3. The Hall–Kier alpha value is -3.94. The largest absolute Gasteiger partial charge is 0.425 e.